The minimum absolute atomic E-state index is 0.441. The van der Waals surface area contributed by atoms with E-state index in [1.54, 1.807) is 4.90 Å². The van der Waals surface area contributed by atoms with Crippen LogP contribution in [0.25, 0.3) is 0 Å². The largest absolute Gasteiger partial charge is 0.462 e. The van der Waals surface area contributed by atoms with Crippen molar-refractivity contribution in [2.24, 2.45) is 0 Å². The standard InChI is InChI=1S/C11H18N2O3/c1-16-11(15)10(14)13-7-4-9(8-13)12-5-2-3-6-12/h9H,2-8H2,1H3. The first-order valence-corrected chi connectivity index (χ1v) is 5.83. The van der Waals surface area contributed by atoms with Crippen LogP contribution in [0, 0.1) is 0 Å². The Morgan fingerprint density at radius 1 is 1.19 bits per heavy atom. The fourth-order valence-corrected chi connectivity index (χ4v) is 2.55. The number of methoxy groups -OCH3 is 1. The molecule has 2 saturated heterocycles. The topological polar surface area (TPSA) is 49.9 Å². The van der Waals surface area contributed by atoms with E-state index in [1.165, 1.54) is 20.0 Å². The van der Waals surface area contributed by atoms with E-state index >= 15 is 0 Å². The van der Waals surface area contributed by atoms with Crippen LogP contribution >= 0.6 is 0 Å². The van der Waals surface area contributed by atoms with Crippen LogP contribution in [0.2, 0.25) is 0 Å². The normalized spacial score (nSPS) is 26.1. The molecule has 1 amide bonds. The molecule has 0 radical (unpaired) electrons. The Hall–Kier alpha value is -1.10. The minimum atomic E-state index is -0.748. The first-order chi connectivity index (χ1) is 7.72. The van der Waals surface area contributed by atoms with Gasteiger partial charge in [0, 0.05) is 19.1 Å². The van der Waals surface area contributed by atoms with Crippen LogP contribution in [0.1, 0.15) is 19.3 Å². The number of likely N-dealkylation sites (tertiary alicyclic amines) is 2. The molecule has 0 aromatic heterocycles. The zero-order chi connectivity index (χ0) is 11.5. The predicted molar refractivity (Wildman–Crippen MR) is 57.8 cm³/mol. The minimum Gasteiger partial charge on any atom is -0.462 e. The lowest BCUT2D eigenvalue weighted by Gasteiger charge is -2.23. The fraction of sp³-hybridized carbons (Fsp3) is 0.818. The number of esters is 1. The van der Waals surface area contributed by atoms with E-state index in [4.69, 9.17) is 0 Å². The maximum atomic E-state index is 11.6. The Kier molecular flexibility index (Phi) is 3.43. The SMILES string of the molecule is COC(=O)C(=O)N1CCC(N2CCCC2)C1. The van der Waals surface area contributed by atoms with E-state index in [1.807, 2.05) is 0 Å². The van der Waals surface area contributed by atoms with E-state index < -0.39 is 11.9 Å². The first kappa shape index (κ1) is 11.4. The molecule has 0 aromatic carbocycles. The molecule has 0 saturated carbocycles. The molecule has 1 unspecified atom stereocenters. The molecule has 16 heavy (non-hydrogen) atoms. The highest BCUT2D eigenvalue weighted by Crippen LogP contribution is 2.20. The van der Waals surface area contributed by atoms with Gasteiger partial charge in [-0.25, -0.2) is 4.79 Å². The molecule has 2 aliphatic rings. The third-order valence-corrected chi connectivity index (χ3v) is 3.47. The maximum Gasteiger partial charge on any atom is 0.396 e. The molecule has 0 N–H and O–H groups in total. The van der Waals surface area contributed by atoms with Gasteiger partial charge in [0.05, 0.1) is 7.11 Å². The molecule has 5 nitrogen and oxygen atoms in total. The van der Waals surface area contributed by atoms with E-state index in [2.05, 4.69) is 9.64 Å². The van der Waals surface area contributed by atoms with E-state index in [0.717, 1.165) is 19.5 Å². The van der Waals surface area contributed by atoms with Gasteiger partial charge in [-0.15, -0.1) is 0 Å². The van der Waals surface area contributed by atoms with Gasteiger partial charge >= 0.3 is 11.9 Å². The van der Waals surface area contributed by atoms with Crippen molar-refractivity contribution in [2.45, 2.75) is 25.3 Å². The Labute approximate surface area is 95.3 Å². The molecule has 2 rings (SSSR count). The Balaban J connectivity index is 1.87. The highest BCUT2D eigenvalue weighted by molar-refractivity contribution is 6.32. The molecular weight excluding hydrogens is 208 g/mol. The zero-order valence-electron chi connectivity index (χ0n) is 9.65. The van der Waals surface area contributed by atoms with Crippen LogP contribution in [-0.2, 0) is 14.3 Å². The second-order valence-corrected chi connectivity index (χ2v) is 4.43. The summed E-state index contributed by atoms with van der Waals surface area (Å²) in [5.41, 5.74) is 0. The van der Waals surface area contributed by atoms with Gasteiger partial charge in [0.1, 0.15) is 0 Å². The molecule has 1 atom stereocenters. The van der Waals surface area contributed by atoms with Gasteiger partial charge in [0.15, 0.2) is 0 Å². The van der Waals surface area contributed by atoms with Gasteiger partial charge in [-0.2, -0.15) is 0 Å². The number of hydrogen-bond donors (Lipinski definition) is 0. The van der Waals surface area contributed by atoms with Gasteiger partial charge in [0.2, 0.25) is 0 Å². The molecule has 90 valence electrons. The molecule has 5 heteroatoms. The van der Waals surface area contributed by atoms with Gasteiger partial charge in [-0.3, -0.25) is 9.69 Å². The summed E-state index contributed by atoms with van der Waals surface area (Å²) < 4.78 is 4.44. The quantitative estimate of drug-likeness (QED) is 0.461. The van der Waals surface area contributed by atoms with E-state index in [9.17, 15) is 9.59 Å². The predicted octanol–water partition coefficient (Wildman–Crippen LogP) is -0.144. The van der Waals surface area contributed by atoms with Crippen LogP contribution in [-0.4, -0.2) is 61.0 Å². The number of ether oxygens (including phenoxy) is 1. The zero-order valence-corrected chi connectivity index (χ0v) is 9.65. The van der Waals surface area contributed by atoms with E-state index in [0.29, 0.717) is 19.1 Å². The monoisotopic (exact) mass is 226 g/mol. The molecule has 2 heterocycles. The van der Waals surface area contributed by atoms with Gasteiger partial charge < -0.3 is 9.64 Å². The van der Waals surface area contributed by atoms with Crippen molar-refractivity contribution < 1.29 is 14.3 Å². The Bertz CT molecular complexity index is 287. The average Bonchev–Trinajstić information content (AvgIpc) is 2.96. The second kappa shape index (κ2) is 4.82. The average molecular weight is 226 g/mol. The molecule has 0 bridgehead atoms. The van der Waals surface area contributed by atoms with Crippen LogP contribution in [0.3, 0.4) is 0 Å². The van der Waals surface area contributed by atoms with Gasteiger partial charge in [-0.05, 0) is 32.4 Å². The lowest BCUT2D eigenvalue weighted by atomic mass is 10.2. The first-order valence-electron chi connectivity index (χ1n) is 5.83. The lowest BCUT2D eigenvalue weighted by Crippen LogP contribution is -2.39. The van der Waals surface area contributed by atoms with Crippen molar-refractivity contribution in [3.05, 3.63) is 0 Å². The van der Waals surface area contributed by atoms with Crippen molar-refractivity contribution in [2.75, 3.05) is 33.3 Å². The summed E-state index contributed by atoms with van der Waals surface area (Å²) in [5, 5.41) is 0. The summed E-state index contributed by atoms with van der Waals surface area (Å²) in [6.45, 7) is 3.61. The maximum absolute atomic E-state index is 11.6. The van der Waals surface area contributed by atoms with Crippen LogP contribution < -0.4 is 0 Å². The molecule has 2 aliphatic heterocycles. The van der Waals surface area contributed by atoms with Gasteiger partial charge in [0.25, 0.3) is 0 Å². The number of amides is 1. The van der Waals surface area contributed by atoms with Crippen LogP contribution in [0.15, 0.2) is 0 Å². The van der Waals surface area contributed by atoms with Crippen LogP contribution in [0.4, 0.5) is 0 Å². The highest BCUT2D eigenvalue weighted by Gasteiger charge is 2.34. The van der Waals surface area contributed by atoms with Gasteiger partial charge in [-0.1, -0.05) is 0 Å². The molecular formula is C11H18N2O3. The number of carbonyl (C=O) groups is 2. The summed E-state index contributed by atoms with van der Waals surface area (Å²) in [6, 6.07) is 0.441. The third kappa shape index (κ3) is 2.19. The smallest absolute Gasteiger partial charge is 0.396 e. The molecule has 2 fully saturated rings. The number of carbonyl (C=O) groups excluding carboxylic acids is 2. The summed E-state index contributed by atoms with van der Waals surface area (Å²) in [7, 11) is 1.24. The number of nitrogens with zero attached hydrogens (tertiary/aromatic N) is 2. The number of hydrogen-bond acceptors (Lipinski definition) is 4. The second-order valence-electron chi connectivity index (χ2n) is 4.43. The summed E-state index contributed by atoms with van der Waals surface area (Å²) in [4.78, 5) is 26.7. The highest BCUT2D eigenvalue weighted by atomic mass is 16.5. The van der Waals surface area contributed by atoms with Crippen molar-refractivity contribution in [1.29, 1.82) is 0 Å². The summed E-state index contributed by atoms with van der Waals surface area (Å²) in [6.07, 6.45) is 3.48. The lowest BCUT2D eigenvalue weighted by molar-refractivity contribution is -0.157. The summed E-state index contributed by atoms with van der Waals surface area (Å²) in [5.74, 6) is -1.24. The van der Waals surface area contributed by atoms with Crippen LogP contribution in [0.5, 0.6) is 0 Å². The molecule has 0 spiro atoms. The van der Waals surface area contributed by atoms with Crippen molar-refractivity contribution in [1.82, 2.24) is 9.80 Å². The molecule has 0 aliphatic carbocycles. The van der Waals surface area contributed by atoms with Crippen molar-refractivity contribution >= 4 is 11.9 Å². The molecule has 0 aromatic rings. The van der Waals surface area contributed by atoms with Crippen molar-refractivity contribution in [3.8, 4) is 0 Å². The fourth-order valence-electron chi connectivity index (χ4n) is 2.55. The summed E-state index contributed by atoms with van der Waals surface area (Å²) >= 11 is 0. The Morgan fingerprint density at radius 2 is 1.88 bits per heavy atom. The third-order valence-electron chi connectivity index (χ3n) is 3.47. The Morgan fingerprint density at radius 3 is 2.50 bits per heavy atom. The number of rotatable bonds is 1. The van der Waals surface area contributed by atoms with E-state index in [-0.39, 0.29) is 0 Å². The van der Waals surface area contributed by atoms with Crippen molar-refractivity contribution in [3.63, 3.8) is 0 Å².